The second-order valence-corrected chi connectivity index (χ2v) is 3.73. The Morgan fingerprint density at radius 2 is 1.93 bits per heavy atom. The Labute approximate surface area is 79.6 Å². The maximum atomic E-state index is 11.1. The second-order valence-electron chi connectivity index (χ2n) is 3.73. The third-order valence-corrected chi connectivity index (χ3v) is 2.80. The van der Waals surface area contributed by atoms with Crippen LogP contribution in [0.4, 0.5) is 0 Å². The van der Waals surface area contributed by atoms with Gasteiger partial charge in [-0.25, -0.2) is 24.4 Å². The molecule has 0 aromatic carbocycles. The number of H-pyrrole nitrogens is 2. The topological polar surface area (TPSA) is 90.9 Å². The summed E-state index contributed by atoms with van der Waals surface area (Å²) in [6, 6.07) is 0. The van der Waals surface area contributed by atoms with Crippen molar-refractivity contribution in [3.05, 3.63) is 21.0 Å². The molecule has 2 atom stereocenters. The van der Waals surface area contributed by atoms with Crippen LogP contribution in [0.15, 0.2) is 9.59 Å². The summed E-state index contributed by atoms with van der Waals surface area (Å²) in [5, 5.41) is 14.0. The van der Waals surface area contributed by atoms with Gasteiger partial charge in [0, 0.05) is 12.5 Å². The zero-order chi connectivity index (χ0) is 10.1. The highest BCUT2D eigenvalue weighted by Gasteiger charge is 2.26. The van der Waals surface area contributed by atoms with Gasteiger partial charge in [0.1, 0.15) is 0 Å². The maximum Gasteiger partial charge on any atom is 0.344 e. The number of hydrogen-bond acceptors (Lipinski definition) is 3. The fourth-order valence-corrected chi connectivity index (χ4v) is 1.96. The van der Waals surface area contributed by atoms with Crippen molar-refractivity contribution in [2.45, 2.75) is 31.9 Å². The molecule has 6 nitrogen and oxygen atoms in total. The van der Waals surface area contributed by atoms with Crippen molar-refractivity contribution in [2.75, 3.05) is 0 Å². The Morgan fingerprint density at radius 3 is 2.43 bits per heavy atom. The van der Waals surface area contributed by atoms with Crippen molar-refractivity contribution in [1.29, 1.82) is 0 Å². The van der Waals surface area contributed by atoms with Crippen molar-refractivity contribution in [3.8, 4) is 0 Å². The number of rotatable bonds is 2. The summed E-state index contributed by atoms with van der Waals surface area (Å²) < 4.78 is 1.10. The van der Waals surface area contributed by atoms with Crippen molar-refractivity contribution >= 4 is 0 Å². The molecule has 6 heteroatoms. The summed E-state index contributed by atoms with van der Waals surface area (Å²) in [6.45, 7) is 0.304. The lowest BCUT2D eigenvalue weighted by Crippen LogP contribution is -2.32. The second kappa shape index (κ2) is 3.45. The van der Waals surface area contributed by atoms with Crippen LogP contribution in [0.1, 0.15) is 19.3 Å². The highest BCUT2D eigenvalue weighted by atomic mass is 16.3. The lowest BCUT2D eigenvalue weighted by atomic mass is 10.1. The summed E-state index contributed by atoms with van der Waals surface area (Å²) in [5.41, 5.74) is -0.872. The molecule has 1 aliphatic carbocycles. The molecular formula is C8H13N3O3. The molecule has 2 unspecified atom stereocenters. The molecule has 1 aromatic rings. The molecule has 78 valence electrons. The fourth-order valence-electron chi connectivity index (χ4n) is 1.96. The quantitative estimate of drug-likeness (QED) is 0.572. The molecule has 14 heavy (non-hydrogen) atoms. The van der Waals surface area contributed by atoms with Crippen molar-refractivity contribution in [1.82, 2.24) is 14.8 Å². The first-order valence-corrected chi connectivity index (χ1v) is 4.74. The standard InChI is InChI=1S/C8H13N3O3/c12-6-3-1-2-5(6)4-11-7(13)9-10-8(11)14/h5-6,12H,1-4H2,(H,9,13)(H,10,14). The van der Waals surface area contributed by atoms with Crippen LogP contribution in [0.25, 0.3) is 0 Å². The number of hydrogen-bond donors (Lipinski definition) is 3. The van der Waals surface area contributed by atoms with Crippen LogP contribution >= 0.6 is 0 Å². The Balaban J connectivity index is 2.18. The van der Waals surface area contributed by atoms with Gasteiger partial charge in [0.15, 0.2) is 0 Å². The van der Waals surface area contributed by atoms with E-state index in [0.717, 1.165) is 23.8 Å². The molecular weight excluding hydrogens is 186 g/mol. The van der Waals surface area contributed by atoms with Crippen LogP contribution < -0.4 is 11.4 Å². The number of aliphatic hydroxyl groups excluding tert-OH is 1. The van der Waals surface area contributed by atoms with Gasteiger partial charge >= 0.3 is 11.4 Å². The Morgan fingerprint density at radius 1 is 1.29 bits per heavy atom. The molecule has 0 aliphatic heterocycles. The number of aromatic amines is 2. The average Bonchev–Trinajstić information content (AvgIpc) is 2.67. The SMILES string of the molecule is O=c1[nH][nH]c(=O)n1CC1CCCC1O. The molecule has 0 radical (unpaired) electrons. The number of aromatic nitrogens is 3. The van der Waals surface area contributed by atoms with E-state index in [-0.39, 0.29) is 12.0 Å². The van der Waals surface area contributed by atoms with Crippen molar-refractivity contribution in [3.63, 3.8) is 0 Å². The Hall–Kier alpha value is -1.30. The van der Waals surface area contributed by atoms with E-state index in [1.54, 1.807) is 0 Å². The van der Waals surface area contributed by atoms with Gasteiger partial charge in [-0.15, -0.1) is 0 Å². The zero-order valence-corrected chi connectivity index (χ0v) is 7.69. The molecule has 0 bridgehead atoms. The van der Waals surface area contributed by atoms with Gasteiger partial charge < -0.3 is 5.11 Å². The van der Waals surface area contributed by atoms with Gasteiger partial charge in [0.25, 0.3) is 0 Å². The van der Waals surface area contributed by atoms with Gasteiger partial charge in [-0.2, -0.15) is 0 Å². The van der Waals surface area contributed by atoms with Crippen LogP contribution in [0.5, 0.6) is 0 Å². The highest BCUT2D eigenvalue weighted by Crippen LogP contribution is 2.25. The zero-order valence-electron chi connectivity index (χ0n) is 7.69. The van der Waals surface area contributed by atoms with E-state index < -0.39 is 11.4 Å². The van der Waals surface area contributed by atoms with E-state index in [9.17, 15) is 14.7 Å². The van der Waals surface area contributed by atoms with E-state index in [2.05, 4.69) is 10.2 Å². The van der Waals surface area contributed by atoms with Gasteiger partial charge in [-0.1, -0.05) is 6.42 Å². The number of nitrogens with one attached hydrogen (secondary N) is 2. The molecule has 3 N–H and O–H groups in total. The molecule has 1 aliphatic rings. The summed E-state index contributed by atoms with van der Waals surface area (Å²) in [4.78, 5) is 22.3. The first-order valence-electron chi connectivity index (χ1n) is 4.74. The van der Waals surface area contributed by atoms with E-state index in [1.165, 1.54) is 0 Å². The monoisotopic (exact) mass is 199 g/mol. The molecule has 1 heterocycles. The molecule has 0 spiro atoms. The average molecular weight is 199 g/mol. The molecule has 1 saturated carbocycles. The third kappa shape index (κ3) is 1.52. The van der Waals surface area contributed by atoms with Crippen LogP contribution in [-0.4, -0.2) is 26.0 Å². The van der Waals surface area contributed by atoms with Crippen LogP contribution in [0.3, 0.4) is 0 Å². The van der Waals surface area contributed by atoms with Gasteiger partial charge in [-0.3, -0.25) is 0 Å². The molecule has 0 saturated heterocycles. The van der Waals surface area contributed by atoms with E-state index in [0.29, 0.717) is 6.54 Å². The smallest absolute Gasteiger partial charge is 0.344 e. The van der Waals surface area contributed by atoms with Crippen LogP contribution in [0, 0.1) is 5.92 Å². The predicted octanol–water partition coefficient (Wildman–Crippen LogP) is -0.974. The fraction of sp³-hybridized carbons (Fsp3) is 0.750. The minimum Gasteiger partial charge on any atom is -0.393 e. The minimum atomic E-state index is -0.436. The molecule has 2 rings (SSSR count). The molecule has 1 fully saturated rings. The van der Waals surface area contributed by atoms with Gasteiger partial charge in [-0.05, 0) is 12.8 Å². The van der Waals surface area contributed by atoms with E-state index >= 15 is 0 Å². The Kier molecular flexibility index (Phi) is 2.28. The van der Waals surface area contributed by atoms with Crippen LogP contribution in [0.2, 0.25) is 0 Å². The van der Waals surface area contributed by atoms with E-state index in [4.69, 9.17) is 0 Å². The predicted molar refractivity (Wildman–Crippen MR) is 49.0 cm³/mol. The van der Waals surface area contributed by atoms with Crippen molar-refractivity contribution in [2.24, 2.45) is 5.92 Å². The normalized spacial score (nSPS) is 26.9. The summed E-state index contributed by atoms with van der Waals surface area (Å²) in [5.74, 6) is 0.0320. The Bertz CT molecular complexity index is 388. The molecule has 0 amide bonds. The summed E-state index contributed by atoms with van der Waals surface area (Å²) in [6.07, 6.45) is 2.22. The van der Waals surface area contributed by atoms with Crippen molar-refractivity contribution < 1.29 is 5.11 Å². The maximum absolute atomic E-state index is 11.1. The number of aliphatic hydroxyl groups is 1. The third-order valence-electron chi connectivity index (χ3n) is 2.80. The summed E-state index contributed by atoms with van der Waals surface area (Å²) in [7, 11) is 0. The van der Waals surface area contributed by atoms with E-state index in [1.807, 2.05) is 0 Å². The first-order chi connectivity index (χ1) is 6.68. The molecule has 1 aromatic heterocycles. The summed E-state index contributed by atoms with van der Waals surface area (Å²) >= 11 is 0. The number of nitrogens with zero attached hydrogens (tertiary/aromatic N) is 1. The van der Waals surface area contributed by atoms with Gasteiger partial charge in [0.2, 0.25) is 0 Å². The van der Waals surface area contributed by atoms with Gasteiger partial charge in [0.05, 0.1) is 6.10 Å². The lowest BCUT2D eigenvalue weighted by molar-refractivity contribution is 0.122. The minimum absolute atomic E-state index is 0.0320. The first kappa shape index (κ1) is 9.26. The highest BCUT2D eigenvalue weighted by molar-refractivity contribution is 4.78. The lowest BCUT2D eigenvalue weighted by Gasteiger charge is -2.12. The van der Waals surface area contributed by atoms with Crippen LogP contribution in [-0.2, 0) is 6.54 Å². The largest absolute Gasteiger partial charge is 0.393 e.